The van der Waals surface area contributed by atoms with Crippen molar-refractivity contribution < 1.29 is 0 Å². The van der Waals surface area contributed by atoms with Gasteiger partial charge < -0.3 is 5.32 Å². The van der Waals surface area contributed by atoms with Gasteiger partial charge in [0, 0.05) is 22.8 Å². The SMILES string of the molecule is Cc1cnn(CCNc2cccc(Br)c2)c(=O)c1. The summed E-state index contributed by atoms with van der Waals surface area (Å²) >= 11 is 3.41. The number of anilines is 1. The quantitative estimate of drug-likeness (QED) is 0.943. The monoisotopic (exact) mass is 307 g/mol. The number of aromatic nitrogens is 2. The Bertz CT molecular complexity index is 595. The first-order chi connectivity index (χ1) is 8.65. The van der Waals surface area contributed by atoms with Crippen LogP contribution >= 0.6 is 15.9 Å². The maximum atomic E-state index is 11.6. The second kappa shape index (κ2) is 5.82. The molecule has 0 radical (unpaired) electrons. The first-order valence-corrected chi connectivity index (χ1v) is 6.48. The largest absolute Gasteiger partial charge is 0.383 e. The van der Waals surface area contributed by atoms with E-state index in [9.17, 15) is 4.79 Å². The fraction of sp³-hybridized carbons (Fsp3) is 0.231. The zero-order chi connectivity index (χ0) is 13.0. The van der Waals surface area contributed by atoms with Crippen molar-refractivity contribution in [3.63, 3.8) is 0 Å². The Morgan fingerprint density at radius 1 is 1.39 bits per heavy atom. The molecular weight excluding hydrogens is 294 g/mol. The van der Waals surface area contributed by atoms with Crippen LogP contribution in [0.3, 0.4) is 0 Å². The molecule has 0 aliphatic carbocycles. The molecular formula is C13H14BrN3O. The molecule has 18 heavy (non-hydrogen) atoms. The fourth-order valence-corrected chi connectivity index (χ4v) is 2.00. The number of rotatable bonds is 4. The van der Waals surface area contributed by atoms with Crippen molar-refractivity contribution in [3.8, 4) is 0 Å². The van der Waals surface area contributed by atoms with Gasteiger partial charge in [-0.3, -0.25) is 4.79 Å². The maximum Gasteiger partial charge on any atom is 0.267 e. The molecule has 1 heterocycles. The van der Waals surface area contributed by atoms with Gasteiger partial charge in [-0.2, -0.15) is 5.10 Å². The number of halogens is 1. The minimum absolute atomic E-state index is 0.0638. The molecule has 1 aromatic heterocycles. The summed E-state index contributed by atoms with van der Waals surface area (Å²) in [6.07, 6.45) is 1.69. The minimum Gasteiger partial charge on any atom is -0.383 e. The van der Waals surface area contributed by atoms with Crippen molar-refractivity contribution in [2.24, 2.45) is 0 Å². The van der Waals surface area contributed by atoms with Gasteiger partial charge in [-0.05, 0) is 30.7 Å². The summed E-state index contributed by atoms with van der Waals surface area (Å²) in [5, 5.41) is 7.33. The Labute approximate surface area is 114 Å². The Hall–Kier alpha value is -1.62. The molecule has 1 N–H and O–H groups in total. The minimum atomic E-state index is -0.0638. The Morgan fingerprint density at radius 3 is 2.94 bits per heavy atom. The summed E-state index contributed by atoms with van der Waals surface area (Å²) in [5.41, 5.74) is 1.84. The van der Waals surface area contributed by atoms with Gasteiger partial charge in [0.25, 0.3) is 5.56 Å². The molecule has 0 saturated heterocycles. The standard InChI is InChI=1S/C13H14BrN3O/c1-10-7-13(18)17(16-9-10)6-5-15-12-4-2-3-11(14)8-12/h2-4,7-9,15H,5-6H2,1H3. The number of hydrogen-bond donors (Lipinski definition) is 1. The average Bonchev–Trinajstić information content (AvgIpc) is 2.32. The molecule has 0 fully saturated rings. The molecule has 0 atom stereocenters. The number of hydrogen-bond acceptors (Lipinski definition) is 3. The van der Waals surface area contributed by atoms with Crippen molar-refractivity contribution in [1.29, 1.82) is 0 Å². The van der Waals surface area contributed by atoms with Crippen LogP contribution in [-0.2, 0) is 6.54 Å². The van der Waals surface area contributed by atoms with Gasteiger partial charge >= 0.3 is 0 Å². The van der Waals surface area contributed by atoms with Crippen molar-refractivity contribution in [3.05, 3.63) is 56.9 Å². The van der Waals surface area contributed by atoms with Crippen molar-refractivity contribution >= 4 is 21.6 Å². The summed E-state index contributed by atoms with van der Waals surface area (Å²) in [6.45, 7) is 3.07. The maximum absolute atomic E-state index is 11.6. The van der Waals surface area contributed by atoms with Crippen molar-refractivity contribution in [2.75, 3.05) is 11.9 Å². The van der Waals surface area contributed by atoms with Gasteiger partial charge in [0.1, 0.15) is 0 Å². The summed E-state index contributed by atoms with van der Waals surface area (Å²) in [6, 6.07) is 9.49. The average molecular weight is 308 g/mol. The Kier molecular flexibility index (Phi) is 4.15. The lowest BCUT2D eigenvalue weighted by molar-refractivity contribution is 0.595. The topological polar surface area (TPSA) is 46.9 Å². The Morgan fingerprint density at radius 2 is 2.22 bits per heavy atom. The van der Waals surface area contributed by atoms with Crippen LogP contribution in [0.2, 0.25) is 0 Å². The van der Waals surface area contributed by atoms with Gasteiger partial charge in [-0.1, -0.05) is 22.0 Å². The molecule has 0 saturated carbocycles. The first kappa shape index (κ1) is 12.8. The van der Waals surface area contributed by atoms with Crippen LogP contribution in [0.5, 0.6) is 0 Å². The predicted octanol–water partition coefficient (Wildman–Crippen LogP) is 2.43. The molecule has 4 nitrogen and oxygen atoms in total. The third-order valence-corrected chi connectivity index (χ3v) is 2.98. The third-order valence-electron chi connectivity index (χ3n) is 2.48. The zero-order valence-electron chi connectivity index (χ0n) is 10.1. The van der Waals surface area contributed by atoms with Crippen molar-refractivity contribution in [2.45, 2.75) is 13.5 Å². The van der Waals surface area contributed by atoms with E-state index in [0.717, 1.165) is 15.7 Å². The predicted molar refractivity (Wildman–Crippen MR) is 75.9 cm³/mol. The molecule has 0 aliphatic heterocycles. The summed E-state index contributed by atoms with van der Waals surface area (Å²) < 4.78 is 2.48. The van der Waals surface area contributed by atoms with Gasteiger partial charge in [0.05, 0.1) is 12.7 Å². The lowest BCUT2D eigenvalue weighted by Crippen LogP contribution is -2.25. The molecule has 2 rings (SSSR count). The normalized spacial score (nSPS) is 10.3. The second-order valence-corrected chi connectivity index (χ2v) is 4.95. The van der Waals surface area contributed by atoms with Crippen LogP contribution in [0.25, 0.3) is 0 Å². The van der Waals surface area contributed by atoms with Crippen LogP contribution in [0.1, 0.15) is 5.56 Å². The van der Waals surface area contributed by atoms with Gasteiger partial charge in [-0.15, -0.1) is 0 Å². The molecule has 5 heteroatoms. The number of nitrogens with one attached hydrogen (secondary N) is 1. The molecule has 2 aromatic rings. The van der Waals surface area contributed by atoms with Crippen LogP contribution in [-0.4, -0.2) is 16.3 Å². The van der Waals surface area contributed by atoms with Gasteiger partial charge in [0.2, 0.25) is 0 Å². The molecule has 0 amide bonds. The lowest BCUT2D eigenvalue weighted by Gasteiger charge is -2.08. The van der Waals surface area contributed by atoms with Crippen molar-refractivity contribution in [1.82, 2.24) is 9.78 Å². The molecule has 94 valence electrons. The van der Waals surface area contributed by atoms with E-state index in [-0.39, 0.29) is 5.56 Å². The Balaban J connectivity index is 1.94. The highest BCUT2D eigenvalue weighted by Crippen LogP contribution is 2.15. The van der Waals surface area contributed by atoms with E-state index in [2.05, 4.69) is 26.3 Å². The number of benzene rings is 1. The van der Waals surface area contributed by atoms with Gasteiger partial charge in [-0.25, -0.2) is 4.68 Å². The van der Waals surface area contributed by atoms with E-state index in [1.807, 2.05) is 31.2 Å². The number of nitrogens with zero attached hydrogens (tertiary/aromatic N) is 2. The van der Waals surface area contributed by atoms with Crippen LogP contribution < -0.4 is 10.9 Å². The summed E-state index contributed by atoms with van der Waals surface area (Å²) in [7, 11) is 0. The fourth-order valence-electron chi connectivity index (χ4n) is 1.60. The number of aryl methyl sites for hydroxylation is 1. The van der Waals surface area contributed by atoms with E-state index < -0.39 is 0 Å². The molecule has 0 aliphatic rings. The highest BCUT2D eigenvalue weighted by atomic mass is 79.9. The van der Waals surface area contributed by atoms with E-state index in [0.29, 0.717) is 13.1 Å². The molecule has 0 unspecified atom stereocenters. The van der Waals surface area contributed by atoms with Crippen LogP contribution in [0, 0.1) is 6.92 Å². The third kappa shape index (κ3) is 3.43. The molecule has 0 bridgehead atoms. The zero-order valence-corrected chi connectivity index (χ0v) is 11.6. The molecule has 1 aromatic carbocycles. The highest BCUT2D eigenvalue weighted by Gasteiger charge is 1.98. The highest BCUT2D eigenvalue weighted by molar-refractivity contribution is 9.10. The van der Waals surface area contributed by atoms with Crippen LogP contribution in [0.15, 0.2) is 45.8 Å². The second-order valence-electron chi connectivity index (χ2n) is 4.03. The van der Waals surface area contributed by atoms with E-state index in [1.165, 1.54) is 4.68 Å². The lowest BCUT2D eigenvalue weighted by atomic mass is 10.3. The first-order valence-electron chi connectivity index (χ1n) is 5.68. The summed E-state index contributed by atoms with van der Waals surface area (Å²) in [4.78, 5) is 11.6. The smallest absolute Gasteiger partial charge is 0.267 e. The van der Waals surface area contributed by atoms with E-state index >= 15 is 0 Å². The van der Waals surface area contributed by atoms with E-state index in [1.54, 1.807) is 12.3 Å². The van der Waals surface area contributed by atoms with Crippen LogP contribution in [0.4, 0.5) is 5.69 Å². The molecule has 0 spiro atoms. The summed E-state index contributed by atoms with van der Waals surface area (Å²) in [5.74, 6) is 0. The van der Waals surface area contributed by atoms with E-state index in [4.69, 9.17) is 0 Å². The van der Waals surface area contributed by atoms with Gasteiger partial charge in [0.15, 0.2) is 0 Å².